The second-order valence-electron chi connectivity index (χ2n) is 7.00. The smallest absolute Gasteiger partial charge is 0.271 e. The molecule has 0 aliphatic carbocycles. The van der Waals surface area contributed by atoms with Crippen molar-refractivity contribution in [2.75, 3.05) is 13.2 Å². The Bertz CT molecular complexity index is 1160. The Balaban J connectivity index is 1.59. The molecule has 0 aliphatic heterocycles. The maximum absolute atomic E-state index is 12.5. The molecule has 0 saturated carbocycles. The van der Waals surface area contributed by atoms with E-state index < -0.39 is 0 Å². The van der Waals surface area contributed by atoms with Crippen molar-refractivity contribution in [2.45, 2.75) is 13.5 Å². The van der Waals surface area contributed by atoms with Crippen molar-refractivity contribution in [3.63, 3.8) is 0 Å². The largest absolute Gasteiger partial charge is 0.490 e. The molecule has 176 valence electrons. The van der Waals surface area contributed by atoms with Crippen molar-refractivity contribution in [1.29, 1.82) is 0 Å². The first kappa shape index (κ1) is 25.5. The van der Waals surface area contributed by atoms with Gasteiger partial charge in [-0.05, 0) is 82.5 Å². The quantitative estimate of drug-likeness (QED) is 0.158. The Morgan fingerprint density at radius 3 is 2.44 bits per heavy atom. The van der Waals surface area contributed by atoms with Gasteiger partial charge in [0.2, 0.25) is 0 Å². The molecule has 8 heteroatoms. The minimum atomic E-state index is -0.360. The molecule has 3 aromatic rings. The highest BCUT2D eigenvalue weighted by Gasteiger charge is 2.11. The molecule has 0 heterocycles. The molecule has 0 fully saturated rings. The summed E-state index contributed by atoms with van der Waals surface area (Å²) in [6, 6.07) is 18.5. The number of carbonyl (C=O) groups excluding carboxylic acids is 1. The van der Waals surface area contributed by atoms with Crippen LogP contribution >= 0.6 is 31.9 Å². The summed E-state index contributed by atoms with van der Waals surface area (Å²) in [7, 11) is 0. The van der Waals surface area contributed by atoms with E-state index in [1.165, 1.54) is 0 Å². The normalized spacial score (nSPS) is 10.7. The summed E-state index contributed by atoms with van der Waals surface area (Å²) in [6.07, 6.45) is 3.21. The fourth-order valence-electron chi connectivity index (χ4n) is 2.87. The van der Waals surface area contributed by atoms with Crippen molar-refractivity contribution in [3.05, 3.63) is 99.0 Å². The van der Waals surface area contributed by atoms with Crippen LogP contribution < -0.4 is 19.6 Å². The van der Waals surface area contributed by atoms with Crippen molar-refractivity contribution < 1.29 is 19.0 Å². The molecule has 3 aromatic carbocycles. The zero-order chi connectivity index (χ0) is 24.3. The molecule has 1 N–H and O–H groups in total. The molecule has 34 heavy (non-hydrogen) atoms. The van der Waals surface area contributed by atoms with E-state index in [0.717, 1.165) is 20.1 Å². The van der Waals surface area contributed by atoms with E-state index in [1.807, 2.05) is 49.4 Å². The molecule has 0 radical (unpaired) electrons. The first-order valence-corrected chi connectivity index (χ1v) is 12.1. The van der Waals surface area contributed by atoms with Crippen LogP contribution in [0.5, 0.6) is 17.2 Å². The highest BCUT2D eigenvalue weighted by Crippen LogP contribution is 2.29. The standard InChI is InChI=1S/C26H24Br2N2O4/c1-3-13-33-24-12-8-20(15-25(24)32-4-2)26(31)30-29-16-19-7-11-23(22(28)14-19)34-17-18-5-9-21(27)10-6-18/h3,5-12,14-16H,1,4,13,17H2,2H3,(H,30,31)/b29-16+. The molecule has 1 amide bonds. The van der Waals surface area contributed by atoms with Crippen molar-refractivity contribution >= 4 is 44.0 Å². The Hall–Kier alpha value is -3.10. The average molecular weight is 588 g/mol. The van der Waals surface area contributed by atoms with E-state index in [4.69, 9.17) is 14.2 Å². The molecule has 0 spiro atoms. The predicted octanol–water partition coefficient (Wildman–Crippen LogP) is 6.52. The maximum atomic E-state index is 12.5. The third-order valence-electron chi connectivity index (χ3n) is 4.51. The highest BCUT2D eigenvalue weighted by molar-refractivity contribution is 9.10. The molecule has 6 nitrogen and oxygen atoms in total. The van der Waals surface area contributed by atoms with E-state index >= 15 is 0 Å². The number of benzene rings is 3. The van der Waals surface area contributed by atoms with Crippen LogP contribution in [0.4, 0.5) is 0 Å². The van der Waals surface area contributed by atoms with Gasteiger partial charge in [-0.25, -0.2) is 5.43 Å². The number of hydrogen-bond donors (Lipinski definition) is 1. The number of amides is 1. The molecule has 0 unspecified atom stereocenters. The van der Waals surface area contributed by atoms with E-state index in [2.05, 4.69) is 49.0 Å². The number of nitrogens with zero attached hydrogens (tertiary/aromatic N) is 1. The first-order chi connectivity index (χ1) is 16.5. The van der Waals surface area contributed by atoms with Gasteiger partial charge in [-0.3, -0.25) is 4.79 Å². The fraction of sp³-hybridized carbons (Fsp3) is 0.154. The van der Waals surface area contributed by atoms with Crippen LogP contribution in [0.2, 0.25) is 0 Å². The Morgan fingerprint density at radius 1 is 0.971 bits per heavy atom. The summed E-state index contributed by atoms with van der Waals surface area (Å²) < 4.78 is 18.8. The third-order valence-corrected chi connectivity index (χ3v) is 5.65. The van der Waals surface area contributed by atoms with Gasteiger partial charge in [0.05, 0.1) is 17.3 Å². The highest BCUT2D eigenvalue weighted by atomic mass is 79.9. The molecule has 0 bridgehead atoms. The summed E-state index contributed by atoms with van der Waals surface area (Å²) in [5.74, 6) is 1.39. The maximum Gasteiger partial charge on any atom is 0.271 e. The van der Waals surface area contributed by atoms with Crippen molar-refractivity contribution in [3.8, 4) is 17.2 Å². The van der Waals surface area contributed by atoms with Crippen molar-refractivity contribution in [2.24, 2.45) is 5.10 Å². The minimum absolute atomic E-state index is 0.347. The van der Waals surface area contributed by atoms with Crippen LogP contribution in [0.25, 0.3) is 0 Å². The van der Waals surface area contributed by atoms with Gasteiger partial charge in [-0.2, -0.15) is 5.10 Å². The van der Waals surface area contributed by atoms with Crippen LogP contribution in [0, 0.1) is 0 Å². The van der Waals surface area contributed by atoms with Crippen LogP contribution in [0.15, 0.2) is 87.4 Å². The lowest BCUT2D eigenvalue weighted by Gasteiger charge is -2.12. The lowest BCUT2D eigenvalue weighted by Crippen LogP contribution is -2.17. The second kappa shape index (κ2) is 13.0. The van der Waals surface area contributed by atoms with Gasteiger partial charge in [0, 0.05) is 10.0 Å². The zero-order valence-corrected chi connectivity index (χ0v) is 21.8. The number of halogens is 2. The average Bonchev–Trinajstić information content (AvgIpc) is 2.84. The molecular weight excluding hydrogens is 564 g/mol. The number of ether oxygens (including phenoxy) is 3. The molecule has 0 saturated heterocycles. The van der Waals surface area contributed by atoms with Crippen LogP contribution in [-0.2, 0) is 6.61 Å². The van der Waals surface area contributed by atoms with Crippen LogP contribution in [0.3, 0.4) is 0 Å². The van der Waals surface area contributed by atoms with Gasteiger partial charge < -0.3 is 14.2 Å². The zero-order valence-electron chi connectivity index (χ0n) is 18.6. The van der Waals surface area contributed by atoms with E-state index in [-0.39, 0.29) is 5.91 Å². The van der Waals surface area contributed by atoms with Gasteiger partial charge in [0.1, 0.15) is 19.0 Å². The Labute approximate surface area is 215 Å². The summed E-state index contributed by atoms with van der Waals surface area (Å²) in [5, 5.41) is 4.06. The number of carbonyl (C=O) groups is 1. The fourth-order valence-corrected chi connectivity index (χ4v) is 3.65. The first-order valence-electron chi connectivity index (χ1n) is 10.5. The van der Waals surface area contributed by atoms with E-state index in [1.54, 1.807) is 30.5 Å². The van der Waals surface area contributed by atoms with E-state index in [9.17, 15) is 4.79 Å². The van der Waals surface area contributed by atoms with Gasteiger partial charge in [-0.15, -0.1) is 0 Å². The molecule has 0 aliphatic rings. The lowest BCUT2D eigenvalue weighted by molar-refractivity contribution is 0.0954. The third kappa shape index (κ3) is 7.46. The lowest BCUT2D eigenvalue weighted by atomic mass is 10.2. The van der Waals surface area contributed by atoms with E-state index in [0.29, 0.717) is 42.6 Å². The van der Waals surface area contributed by atoms with Gasteiger partial charge in [0.15, 0.2) is 11.5 Å². The van der Waals surface area contributed by atoms with Gasteiger partial charge in [0.25, 0.3) is 5.91 Å². The van der Waals surface area contributed by atoms with Gasteiger partial charge in [-0.1, -0.05) is 40.7 Å². The second-order valence-corrected chi connectivity index (χ2v) is 8.77. The number of hydrogen-bond acceptors (Lipinski definition) is 5. The Morgan fingerprint density at radius 2 is 1.74 bits per heavy atom. The number of rotatable bonds is 11. The van der Waals surface area contributed by atoms with Crippen LogP contribution in [-0.4, -0.2) is 25.3 Å². The number of hydrazone groups is 1. The Kier molecular flexibility index (Phi) is 9.73. The monoisotopic (exact) mass is 586 g/mol. The van der Waals surface area contributed by atoms with Crippen molar-refractivity contribution in [1.82, 2.24) is 5.43 Å². The van der Waals surface area contributed by atoms with Crippen LogP contribution in [0.1, 0.15) is 28.4 Å². The summed E-state index contributed by atoms with van der Waals surface area (Å²) in [6.45, 7) is 6.75. The number of nitrogens with one attached hydrogen (secondary N) is 1. The molecule has 3 rings (SSSR count). The topological polar surface area (TPSA) is 69.2 Å². The SMILES string of the molecule is C=CCOc1ccc(C(=O)N/N=C/c2ccc(OCc3ccc(Br)cc3)c(Br)c2)cc1OCC. The molecule has 0 aromatic heterocycles. The molecule has 0 atom stereocenters. The van der Waals surface area contributed by atoms with Gasteiger partial charge >= 0.3 is 0 Å². The summed E-state index contributed by atoms with van der Waals surface area (Å²) >= 11 is 6.95. The molecular formula is C26H24Br2N2O4. The summed E-state index contributed by atoms with van der Waals surface area (Å²) in [4.78, 5) is 12.5. The summed E-state index contributed by atoms with van der Waals surface area (Å²) in [5.41, 5.74) is 4.80. The predicted molar refractivity (Wildman–Crippen MR) is 141 cm³/mol. The minimum Gasteiger partial charge on any atom is -0.490 e.